The van der Waals surface area contributed by atoms with Crippen LogP contribution < -0.4 is 16.0 Å². The van der Waals surface area contributed by atoms with Gasteiger partial charge in [0.1, 0.15) is 5.69 Å². The van der Waals surface area contributed by atoms with Gasteiger partial charge in [-0.2, -0.15) is 0 Å². The third-order valence-corrected chi connectivity index (χ3v) is 9.05. The second kappa shape index (κ2) is 10.3. The van der Waals surface area contributed by atoms with Gasteiger partial charge in [-0.25, -0.2) is 9.97 Å². The maximum Gasteiger partial charge on any atom is 0.270 e. The van der Waals surface area contributed by atoms with Crippen LogP contribution in [0.1, 0.15) is 56.9 Å². The Balaban J connectivity index is 1.14. The van der Waals surface area contributed by atoms with Crippen molar-refractivity contribution in [1.82, 2.24) is 20.2 Å². The first-order chi connectivity index (χ1) is 17.3. The number of anilines is 3. The summed E-state index contributed by atoms with van der Waals surface area (Å²) in [6, 6.07) is 9.98. The minimum atomic E-state index is -0.118. The predicted molar refractivity (Wildman–Crippen MR) is 143 cm³/mol. The molecule has 5 rings (SSSR count). The molecule has 2 saturated carbocycles. The first kappa shape index (κ1) is 25.0. The van der Waals surface area contributed by atoms with E-state index in [4.69, 9.17) is 4.74 Å². The van der Waals surface area contributed by atoms with Crippen LogP contribution in [0.5, 0.6) is 0 Å². The number of hydrogen-bond acceptors (Lipinski definition) is 7. The molecule has 0 spiro atoms. The van der Waals surface area contributed by atoms with Gasteiger partial charge in [0.2, 0.25) is 5.95 Å². The van der Waals surface area contributed by atoms with E-state index in [-0.39, 0.29) is 17.4 Å². The number of amides is 1. The number of aromatic nitrogens is 2. The summed E-state index contributed by atoms with van der Waals surface area (Å²) in [6.45, 7) is 12.8. The topological polar surface area (TPSA) is 91.4 Å². The highest BCUT2D eigenvalue weighted by Crippen LogP contribution is 2.65. The smallest absolute Gasteiger partial charge is 0.270 e. The van der Waals surface area contributed by atoms with Gasteiger partial charge in [-0.1, -0.05) is 26.8 Å². The van der Waals surface area contributed by atoms with E-state index in [2.05, 4.69) is 57.7 Å². The van der Waals surface area contributed by atoms with Gasteiger partial charge in [0.15, 0.2) is 0 Å². The molecule has 1 saturated heterocycles. The zero-order valence-electron chi connectivity index (χ0n) is 21.8. The average Bonchev–Trinajstić information content (AvgIpc) is 3.21. The second-order valence-electron chi connectivity index (χ2n) is 11.4. The van der Waals surface area contributed by atoms with Crippen molar-refractivity contribution in [3.63, 3.8) is 0 Å². The molecule has 8 heteroatoms. The maximum atomic E-state index is 13.1. The molecule has 1 aliphatic heterocycles. The van der Waals surface area contributed by atoms with Gasteiger partial charge in [-0.15, -0.1) is 0 Å². The first-order valence-electron chi connectivity index (χ1n) is 13.4. The molecular formula is C28H40N6O2. The fourth-order valence-electron chi connectivity index (χ4n) is 6.44. The van der Waals surface area contributed by atoms with E-state index >= 15 is 0 Å². The largest absolute Gasteiger partial charge is 0.385 e. The molecule has 2 bridgehead atoms. The molecule has 3 aliphatic rings. The summed E-state index contributed by atoms with van der Waals surface area (Å²) in [7, 11) is 0. The molecule has 3 atom stereocenters. The van der Waals surface area contributed by atoms with Crippen molar-refractivity contribution in [3.8, 4) is 0 Å². The number of fused-ring (bicyclic) bond motifs is 2. The highest BCUT2D eigenvalue weighted by atomic mass is 16.5. The minimum Gasteiger partial charge on any atom is -0.385 e. The van der Waals surface area contributed by atoms with Crippen molar-refractivity contribution < 1.29 is 9.53 Å². The van der Waals surface area contributed by atoms with Crippen molar-refractivity contribution >= 4 is 23.2 Å². The standard InChI is InChI=1S/C28H40N6O2/c1-27(2)22-8-10-28(27,3)19-24(22)32-25(35)23-9-12-30-26(33-23)31-21-7-4-6-20(18-21)29-11-5-13-34-14-16-36-17-15-34/h4,6-7,9,12,18,22,24,29H,5,8,10-11,13-17,19H2,1-3H3,(H,32,35)(H,30,31,33). The third kappa shape index (κ3) is 5.20. The van der Waals surface area contributed by atoms with Crippen LogP contribution >= 0.6 is 0 Å². The van der Waals surface area contributed by atoms with Crippen LogP contribution in [0.25, 0.3) is 0 Å². The molecule has 36 heavy (non-hydrogen) atoms. The molecule has 1 aromatic carbocycles. The quantitative estimate of drug-likeness (QED) is 0.450. The fraction of sp³-hybridized carbons (Fsp3) is 0.607. The number of benzene rings is 1. The van der Waals surface area contributed by atoms with Gasteiger partial charge in [-0.05, 0) is 73.2 Å². The van der Waals surface area contributed by atoms with Crippen LogP contribution in [-0.4, -0.2) is 66.2 Å². The summed E-state index contributed by atoms with van der Waals surface area (Å²) in [6.07, 6.45) is 6.20. The SMILES string of the molecule is CC12CCC(C(NC(=O)c3ccnc(Nc4cccc(NCCCN5CCOCC5)c4)n3)C1)C2(C)C. The number of carbonyl (C=O) groups is 1. The molecule has 3 unspecified atom stereocenters. The number of carbonyl (C=O) groups excluding carboxylic acids is 1. The molecule has 8 nitrogen and oxygen atoms in total. The van der Waals surface area contributed by atoms with Crippen molar-refractivity contribution in [1.29, 1.82) is 0 Å². The number of hydrogen-bond donors (Lipinski definition) is 3. The van der Waals surface area contributed by atoms with Crippen LogP contribution in [-0.2, 0) is 4.74 Å². The van der Waals surface area contributed by atoms with Crippen LogP contribution in [0.15, 0.2) is 36.5 Å². The molecule has 2 aromatic rings. The average molecular weight is 493 g/mol. The molecule has 3 fully saturated rings. The van der Waals surface area contributed by atoms with Crippen molar-refractivity contribution in [2.45, 2.75) is 52.5 Å². The predicted octanol–water partition coefficient (Wildman–Crippen LogP) is 4.30. The third-order valence-electron chi connectivity index (χ3n) is 9.05. The Morgan fingerprint density at radius 1 is 1.17 bits per heavy atom. The zero-order chi connectivity index (χ0) is 25.2. The number of nitrogens with zero attached hydrogens (tertiary/aromatic N) is 3. The maximum absolute atomic E-state index is 13.1. The Kier molecular flexibility index (Phi) is 7.17. The summed E-state index contributed by atoms with van der Waals surface area (Å²) in [5, 5.41) is 10.0. The molecule has 194 valence electrons. The first-order valence-corrected chi connectivity index (χ1v) is 13.4. The molecule has 1 aromatic heterocycles. The van der Waals surface area contributed by atoms with Crippen LogP contribution in [0, 0.1) is 16.7 Å². The Hall–Kier alpha value is -2.71. The van der Waals surface area contributed by atoms with E-state index in [0.29, 0.717) is 23.0 Å². The lowest BCUT2D eigenvalue weighted by Gasteiger charge is -2.33. The lowest BCUT2D eigenvalue weighted by Crippen LogP contribution is -2.40. The van der Waals surface area contributed by atoms with Gasteiger partial charge < -0.3 is 20.7 Å². The zero-order valence-corrected chi connectivity index (χ0v) is 21.8. The monoisotopic (exact) mass is 492 g/mol. The van der Waals surface area contributed by atoms with E-state index < -0.39 is 0 Å². The number of nitrogens with one attached hydrogen (secondary N) is 3. The summed E-state index contributed by atoms with van der Waals surface area (Å²) < 4.78 is 5.41. The lowest BCUT2D eigenvalue weighted by atomic mass is 9.71. The Bertz CT molecular complexity index is 1070. The molecule has 2 heterocycles. The minimum absolute atomic E-state index is 0.118. The van der Waals surface area contributed by atoms with Gasteiger partial charge >= 0.3 is 0 Å². The summed E-state index contributed by atoms with van der Waals surface area (Å²) in [5.41, 5.74) is 2.88. The Morgan fingerprint density at radius 2 is 1.97 bits per heavy atom. The lowest BCUT2D eigenvalue weighted by molar-refractivity contribution is 0.0378. The second-order valence-corrected chi connectivity index (χ2v) is 11.4. The van der Waals surface area contributed by atoms with Gasteiger partial charge in [-0.3, -0.25) is 9.69 Å². The highest BCUT2D eigenvalue weighted by Gasteiger charge is 2.60. The van der Waals surface area contributed by atoms with Crippen molar-refractivity contribution in [3.05, 3.63) is 42.2 Å². The van der Waals surface area contributed by atoms with Crippen LogP contribution in [0.2, 0.25) is 0 Å². The Morgan fingerprint density at radius 3 is 2.72 bits per heavy atom. The van der Waals surface area contributed by atoms with Gasteiger partial charge in [0.25, 0.3) is 5.91 Å². The molecular weight excluding hydrogens is 452 g/mol. The highest BCUT2D eigenvalue weighted by molar-refractivity contribution is 5.92. The van der Waals surface area contributed by atoms with E-state index in [1.54, 1.807) is 12.3 Å². The molecule has 2 aliphatic carbocycles. The summed E-state index contributed by atoms with van der Waals surface area (Å²) >= 11 is 0. The van der Waals surface area contributed by atoms with Crippen LogP contribution in [0.4, 0.5) is 17.3 Å². The van der Waals surface area contributed by atoms with E-state index in [9.17, 15) is 4.79 Å². The number of ether oxygens (including phenoxy) is 1. The molecule has 3 N–H and O–H groups in total. The van der Waals surface area contributed by atoms with Crippen molar-refractivity contribution in [2.75, 3.05) is 50.0 Å². The summed E-state index contributed by atoms with van der Waals surface area (Å²) in [4.78, 5) is 24.4. The van der Waals surface area contributed by atoms with Gasteiger partial charge in [0.05, 0.1) is 13.2 Å². The molecule has 1 amide bonds. The van der Waals surface area contributed by atoms with E-state index in [1.165, 1.54) is 12.8 Å². The van der Waals surface area contributed by atoms with E-state index in [1.807, 2.05) is 18.2 Å². The fourth-order valence-corrected chi connectivity index (χ4v) is 6.44. The number of morpholine rings is 1. The van der Waals surface area contributed by atoms with Gasteiger partial charge in [0, 0.05) is 43.2 Å². The summed E-state index contributed by atoms with van der Waals surface area (Å²) in [5.74, 6) is 0.829. The normalized spacial score (nSPS) is 27.1. The Labute approximate surface area is 214 Å². The van der Waals surface area contributed by atoms with Crippen molar-refractivity contribution in [2.24, 2.45) is 16.7 Å². The van der Waals surface area contributed by atoms with Crippen LogP contribution in [0.3, 0.4) is 0 Å². The number of rotatable bonds is 9. The van der Waals surface area contributed by atoms with E-state index in [0.717, 1.165) is 63.6 Å². The molecule has 0 radical (unpaired) electrons.